The zero-order valence-electron chi connectivity index (χ0n) is 22.9. The van der Waals surface area contributed by atoms with Crippen molar-refractivity contribution >= 4 is 42.2 Å². The number of halogens is 1. The molecular weight excluding hydrogens is 540 g/mol. The van der Waals surface area contributed by atoms with Gasteiger partial charge in [0.25, 0.3) is 0 Å². The van der Waals surface area contributed by atoms with Gasteiger partial charge < -0.3 is 35.6 Å². The highest BCUT2D eigenvalue weighted by Crippen LogP contribution is 2.28. The third-order valence-corrected chi connectivity index (χ3v) is 6.77. The summed E-state index contributed by atoms with van der Waals surface area (Å²) in [4.78, 5) is 54.3. The molecular formula is C27H41ClN6O6. The standard InChI is InChI=1S/C27H40N6O6.ClH/c1-2-38-24(35)12-14-33(21-10-11-21)25(36)22(31-27(37)39-18-19-7-4-3-5-8-19)15-23(34)30-16-20-9-6-13-32(17-20)26(28)29;/h3-5,7-8,20-22H,2,6,9-18H2,1H3,(H3,28,29)(H,30,34)(H,31,37);1H/t20-,22-;/m0./s1. The highest BCUT2D eigenvalue weighted by Gasteiger charge is 2.37. The second-order valence-corrected chi connectivity index (χ2v) is 9.92. The number of hydrogen-bond acceptors (Lipinski definition) is 7. The van der Waals surface area contributed by atoms with Crippen molar-refractivity contribution in [2.45, 2.75) is 64.1 Å². The van der Waals surface area contributed by atoms with Crippen LogP contribution in [0.2, 0.25) is 0 Å². The lowest BCUT2D eigenvalue weighted by atomic mass is 9.98. The van der Waals surface area contributed by atoms with Gasteiger partial charge >= 0.3 is 12.1 Å². The van der Waals surface area contributed by atoms with Crippen LogP contribution in [0.1, 0.15) is 51.0 Å². The van der Waals surface area contributed by atoms with E-state index in [0.29, 0.717) is 19.6 Å². The molecule has 3 rings (SSSR count). The smallest absolute Gasteiger partial charge is 0.408 e. The summed E-state index contributed by atoms with van der Waals surface area (Å²) >= 11 is 0. The van der Waals surface area contributed by atoms with Crippen molar-refractivity contribution in [3.8, 4) is 0 Å². The quantitative estimate of drug-likeness (QED) is 0.155. The summed E-state index contributed by atoms with van der Waals surface area (Å²) in [5, 5.41) is 13.1. The van der Waals surface area contributed by atoms with Gasteiger partial charge in [-0.15, -0.1) is 12.4 Å². The highest BCUT2D eigenvalue weighted by atomic mass is 35.5. The third-order valence-electron chi connectivity index (χ3n) is 6.77. The van der Waals surface area contributed by atoms with E-state index >= 15 is 0 Å². The first-order valence-corrected chi connectivity index (χ1v) is 13.6. The fourth-order valence-corrected chi connectivity index (χ4v) is 4.58. The molecule has 40 heavy (non-hydrogen) atoms. The van der Waals surface area contributed by atoms with Gasteiger partial charge in [-0.1, -0.05) is 30.3 Å². The van der Waals surface area contributed by atoms with Gasteiger partial charge in [0.05, 0.1) is 19.4 Å². The van der Waals surface area contributed by atoms with Crippen LogP contribution in [0, 0.1) is 11.3 Å². The number of rotatable bonds is 13. The zero-order chi connectivity index (χ0) is 28.2. The van der Waals surface area contributed by atoms with Gasteiger partial charge in [0.1, 0.15) is 12.6 Å². The summed E-state index contributed by atoms with van der Waals surface area (Å²) < 4.78 is 10.3. The van der Waals surface area contributed by atoms with Gasteiger partial charge in [0.2, 0.25) is 11.8 Å². The SMILES string of the molecule is CCOC(=O)CCN(C(=O)[C@H](CC(=O)NC[C@@H]1CCCN(C(=N)N)C1)NC(=O)OCc1ccccc1)C1CC1.Cl. The predicted octanol–water partition coefficient (Wildman–Crippen LogP) is 1.76. The molecule has 13 heteroatoms. The Hall–Kier alpha value is -3.54. The summed E-state index contributed by atoms with van der Waals surface area (Å²) in [6.07, 6.45) is 2.29. The predicted molar refractivity (Wildman–Crippen MR) is 151 cm³/mol. The van der Waals surface area contributed by atoms with Gasteiger partial charge in [-0.25, -0.2) is 4.79 Å². The normalized spacial score (nSPS) is 17.0. The molecule has 2 fully saturated rings. The molecule has 2 atom stereocenters. The summed E-state index contributed by atoms with van der Waals surface area (Å²) in [5.74, 6) is -1.10. The van der Waals surface area contributed by atoms with E-state index < -0.39 is 29.9 Å². The van der Waals surface area contributed by atoms with E-state index in [1.54, 1.807) is 16.7 Å². The molecule has 2 aliphatic rings. The number of carbonyl (C=O) groups excluding carboxylic acids is 4. The molecule has 1 aliphatic carbocycles. The molecule has 0 aromatic heterocycles. The second kappa shape index (κ2) is 16.5. The minimum Gasteiger partial charge on any atom is -0.466 e. The van der Waals surface area contributed by atoms with Crippen LogP contribution in [0.3, 0.4) is 0 Å². The maximum absolute atomic E-state index is 13.5. The number of nitrogens with two attached hydrogens (primary N) is 1. The van der Waals surface area contributed by atoms with E-state index in [1.807, 2.05) is 30.3 Å². The number of nitrogens with zero attached hydrogens (tertiary/aromatic N) is 2. The first-order chi connectivity index (χ1) is 18.8. The van der Waals surface area contributed by atoms with Crippen molar-refractivity contribution in [2.75, 3.05) is 32.8 Å². The molecule has 1 aromatic carbocycles. The van der Waals surface area contributed by atoms with Crippen LogP contribution in [-0.2, 0) is 30.5 Å². The maximum atomic E-state index is 13.5. The lowest BCUT2D eigenvalue weighted by molar-refractivity contribution is -0.144. The number of benzene rings is 1. The molecule has 0 radical (unpaired) electrons. The molecule has 0 spiro atoms. The molecule has 222 valence electrons. The lowest BCUT2D eigenvalue weighted by Crippen LogP contribution is -2.52. The Kier molecular flexibility index (Phi) is 13.5. The Labute approximate surface area is 241 Å². The Morgan fingerprint density at radius 3 is 2.52 bits per heavy atom. The summed E-state index contributed by atoms with van der Waals surface area (Å²) in [6, 6.07) is 7.93. The van der Waals surface area contributed by atoms with Gasteiger partial charge in [-0.3, -0.25) is 19.8 Å². The number of carbonyl (C=O) groups is 4. The van der Waals surface area contributed by atoms with Crippen molar-refractivity contribution in [1.29, 1.82) is 5.41 Å². The molecule has 1 aromatic rings. The minimum absolute atomic E-state index is 0. The number of piperidine rings is 1. The molecule has 0 unspecified atom stereocenters. The van der Waals surface area contributed by atoms with Crippen LogP contribution in [-0.4, -0.2) is 84.5 Å². The average Bonchev–Trinajstić information content (AvgIpc) is 3.77. The van der Waals surface area contributed by atoms with Crippen molar-refractivity contribution in [1.82, 2.24) is 20.4 Å². The maximum Gasteiger partial charge on any atom is 0.408 e. The number of esters is 1. The largest absolute Gasteiger partial charge is 0.466 e. The first kappa shape index (κ1) is 32.7. The molecule has 1 saturated carbocycles. The summed E-state index contributed by atoms with van der Waals surface area (Å²) in [5.41, 5.74) is 6.40. The number of nitrogens with one attached hydrogen (secondary N) is 3. The monoisotopic (exact) mass is 580 g/mol. The van der Waals surface area contributed by atoms with E-state index in [4.69, 9.17) is 20.6 Å². The fourth-order valence-electron chi connectivity index (χ4n) is 4.58. The highest BCUT2D eigenvalue weighted by molar-refractivity contribution is 5.91. The molecule has 0 bridgehead atoms. The number of ether oxygens (including phenoxy) is 2. The Bertz CT molecular complexity index is 1010. The number of alkyl carbamates (subject to hydrolysis) is 1. The topological polar surface area (TPSA) is 167 Å². The van der Waals surface area contributed by atoms with Crippen LogP contribution in [0.25, 0.3) is 0 Å². The van der Waals surface area contributed by atoms with Gasteiger partial charge in [-0.2, -0.15) is 0 Å². The van der Waals surface area contributed by atoms with Gasteiger partial charge in [0, 0.05) is 32.2 Å². The zero-order valence-corrected chi connectivity index (χ0v) is 23.8. The summed E-state index contributed by atoms with van der Waals surface area (Å²) in [7, 11) is 0. The van der Waals surface area contributed by atoms with Crippen molar-refractivity contribution < 1.29 is 28.7 Å². The molecule has 1 heterocycles. The Balaban J connectivity index is 0.00000560. The molecule has 12 nitrogen and oxygen atoms in total. The molecule has 1 aliphatic heterocycles. The van der Waals surface area contributed by atoms with Gasteiger partial charge in [-0.05, 0) is 44.1 Å². The van der Waals surface area contributed by atoms with E-state index in [2.05, 4.69) is 10.6 Å². The van der Waals surface area contributed by atoms with Crippen LogP contribution in [0.15, 0.2) is 30.3 Å². The van der Waals surface area contributed by atoms with E-state index in [1.165, 1.54) is 0 Å². The molecule has 1 saturated heterocycles. The molecule has 5 N–H and O–H groups in total. The molecule has 3 amide bonds. The van der Waals surface area contributed by atoms with Crippen LogP contribution in [0.5, 0.6) is 0 Å². The van der Waals surface area contributed by atoms with Gasteiger partial charge in [0.15, 0.2) is 5.96 Å². The fraction of sp³-hybridized carbons (Fsp3) is 0.593. The van der Waals surface area contributed by atoms with Crippen LogP contribution in [0.4, 0.5) is 4.79 Å². The average molecular weight is 581 g/mol. The van der Waals surface area contributed by atoms with E-state index in [9.17, 15) is 19.2 Å². The lowest BCUT2D eigenvalue weighted by Gasteiger charge is -2.33. The Morgan fingerprint density at radius 2 is 1.88 bits per heavy atom. The van der Waals surface area contributed by atoms with Crippen molar-refractivity contribution in [2.24, 2.45) is 11.7 Å². The van der Waals surface area contributed by atoms with Crippen LogP contribution < -0.4 is 16.4 Å². The van der Waals surface area contributed by atoms with Crippen molar-refractivity contribution in [3.05, 3.63) is 35.9 Å². The van der Waals surface area contributed by atoms with E-state index in [-0.39, 0.29) is 62.9 Å². The first-order valence-electron chi connectivity index (χ1n) is 13.6. The number of amides is 3. The number of guanidine groups is 1. The second-order valence-electron chi connectivity index (χ2n) is 9.92. The van der Waals surface area contributed by atoms with Crippen molar-refractivity contribution in [3.63, 3.8) is 0 Å². The third kappa shape index (κ3) is 10.9. The number of hydrogen-bond donors (Lipinski definition) is 4. The number of likely N-dealkylation sites (tertiary alicyclic amines) is 1. The minimum atomic E-state index is -1.16. The van der Waals surface area contributed by atoms with E-state index in [0.717, 1.165) is 31.2 Å². The Morgan fingerprint density at radius 1 is 1.15 bits per heavy atom. The summed E-state index contributed by atoms with van der Waals surface area (Å²) in [6.45, 7) is 3.79. The van der Waals surface area contributed by atoms with Crippen LogP contribution >= 0.6 is 12.4 Å².